The molecule has 23 heavy (non-hydrogen) atoms. The fraction of sp³-hybridized carbons (Fsp3) is 0.444. The Morgan fingerprint density at radius 3 is 2.83 bits per heavy atom. The number of aromatic nitrogens is 2. The minimum atomic E-state index is 0.0919. The summed E-state index contributed by atoms with van der Waals surface area (Å²) in [7, 11) is 0. The van der Waals surface area contributed by atoms with Gasteiger partial charge in [0.25, 0.3) is 0 Å². The molecule has 120 valence electrons. The molecule has 0 bridgehead atoms. The van der Waals surface area contributed by atoms with Crippen LogP contribution in [0.3, 0.4) is 0 Å². The van der Waals surface area contributed by atoms with Crippen LogP contribution in [0.5, 0.6) is 0 Å². The molecule has 2 aliphatic rings. The first-order valence-electron chi connectivity index (χ1n) is 8.23. The van der Waals surface area contributed by atoms with Crippen molar-refractivity contribution in [3.8, 4) is 0 Å². The lowest BCUT2D eigenvalue weighted by Crippen LogP contribution is -2.28. The molecule has 0 aromatic carbocycles. The minimum Gasteiger partial charge on any atom is -0.351 e. The zero-order valence-corrected chi connectivity index (χ0v) is 14.6. The number of thioether (sulfide) groups is 1. The smallest absolute Gasteiger partial charge is 0.160 e. The van der Waals surface area contributed by atoms with Gasteiger partial charge in [0.2, 0.25) is 0 Å². The van der Waals surface area contributed by atoms with Crippen molar-refractivity contribution in [3.05, 3.63) is 54.1 Å². The van der Waals surface area contributed by atoms with E-state index >= 15 is 0 Å². The average Bonchev–Trinajstić information content (AvgIpc) is 3.21. The number of pyridine rings is 1. The standard InChI is InChI=1S/C18H22N4S/c1-12(2)21-9-7-14(11-21)17-16(15-6-4-5-8-19-15)20-18-22(17)10-13(3)23-18/h4-9,11-13,16-17H,10H2,1-3H3/t13-,16+,17+/m0/s1. The lowest BCUT2D eigenvalue weighted by Gasteiger charge is -2.26. The molecular weight excluding hydrogens is 304 g/mol. The molecule has 0 spiro atoms. The van der Waals surface area contributed by atoms with Gasteiger partial charge in [-0.2, -0.15) is 0 Å². The summed E-state index contributed by atoms with van der Waals surface area (Å²) in [4.78, 5) is 12.1. The molecule has 1 fully saturated rings. The van der Waals surface area contributed by atoms with Crippen molar-refractivity contribution >= 4 is 16.9 Å². The summed E-state index contributed by atoms with van der Waals surface area (Å²) in [6.07, 6.45) is 6.32. The summed E-state index contributed by atoms with van der Waals surface area (Å²) in [5, 5.41) is 1.78. The maximum Gasteiger partial charge on any atom is 0.160 e. The monoisotopic (exact) mass is 326 g/mol. The Morgan fingerprint density at radius 2 is 2.13 bits per heavy atom. The Morgan fingerprint density at radius 1 is 1.26 bits per heavy atom. The fourth-order valence-electron chi connectivity index (χ4n) is 3.40. The summed E-state index contributed by atoms with van der Waals surface area (Å²) >= 11 is 1.89. The number of hydrogen-bond acceptors (Lipinski definition) is 4. The second kappa shape index (κ2) is 5.71. The van der Waals surface area contributed by atoms with Crippen molar-refractivity contribution < 1.29 is 0 Å². The number of aliphatic imine (C=N–C) groups is 1. The number of rotatable bonds is 3. The van der Waals surface area contributed by atoms with Gasteiger partial charge < -0.3 is 9.47 Å². The van der Waals surface area contributed by atoms with Crippen LogP contribution in [-0.4, -0.2) is 31.4 Å². The van der Waals surface area contributed by atoms with Crippen LogP contribution >= 0.6 is 11.8 Å². The van der Waals surface area contributed by atoms with E-state index in [1.54, 1.807) is 0 Å². The zero-order chi connectivity index (χ0) is 16.0. The van der Waals surface area contributed by atoms with E-state index in [1.165, 1.54) is 10.7 Å². The molecule has 4 rings (SSSR count). The van der Waals surface area contributed by atoms with Gasteiger partial charge >= 0.3 is 0 Å². The van der Waals surface area contributed by atoms with Crippen LogP contribution in [0.2, 0.25) is 0 Å². The van der Waals surface area contributed by atoms with E-state index in [9.17, 15) is 0 Å². The molecular formula is C18H22N4S. The van der Waals surface area contributed by atoms with E-state index < -0.39 is 0 Å². The third-order valence-corrected chi connectivity index (χ3v) is 5.66. The van der Waals surface area contributed by atoms with Crippen LogP contribution < -0.4 is 0 Å². The first kappa shape index (κ1) is 14.8. The van der Waals surface area contributed by atoms with Crippen molar-refractivity contribution in [1.82, 2.24) is 14.5 Å². The van der Waals surface area contributed by atoms with E-state index in [4.69, 9.17) is 4.99 Å². The molecule has 0 radical (unpaired) electrons. The normalized spacial score (nSPS) is 26.7. The third-order valence-electron chi connectivity index (χ3n) is 4.56. The predicted octanol–water partition coefficient (Wildman–Crippen LogP) is 4.05. The molecule has 4 heterocycles. The lowest BCUT2D eigenvalue weighted by atomic mass is 9.99. The summed E-state index contributed by atoms with van der Waals surface area (Å²) < 4.78 is 2.27. The fourth-order valence-corrected chi connectivity index (χ4v) is 4.50. The lowest BCUT2D eigenvalue weighted by molar-refractivity contribution is 0.321. The van der Waals surface area contributed by atoms with Crippen LogP contribution in [0.4, 0.5) is 0 Å². The molecule has 2 aliphatic heterocycles. The highest BCUT2D eigenvalue weighted by Gasteiger charge is 2.43. The van der Waals surface area contributed by atoms with Crippen LogP contribution in [-0.2, 0) is 0 Å². The van der Waals surface area contributed by atoms with Crippen molar-refractivity contribution in [2.75, 3.05) is 6.54 Å². The van der Waals surface area contributed by atoms with Gasteiger partial charge in [-0.3, -0.25) is 9.98 Å². The first-order chi connectivity index (χ1) is 11.1. The molecule has 1 saturated heterocycles. The third kappa shape index (κ3) is 2.57. The van der Waals surface area contributed by atoms with Crippen molar-refractivity contribution in [3.63, 3.8) is 0 Å². The summed E-state index contributed by atoms with van der Waals surface area (Å²) in [5.74, 6) is 0. The Balaban J connectivity index is 1.74. The second-order valence-corrected chi connectivity index (χ2v) is 8.03. The van der Waals surface area contributed by atoms with Gasteiger partial charge in [0.15, 0.2) is 5.17 Å². The molecule has 0 aliphatic carbocycles. The zero-order valence-electron chi connectivity index (χ0n) is 13.8. The van der Waals surface area contributed by atoms with Gasteiger partial charge in [0, 0.05) is 36.4 Å². The highest BCUT2D eigenvalue weighted by atomic mass is 32.2. The van der Waals surface area contributed by atoms with Gasteiger partial charge in [0.1, 0.15) is 6.04 Å². The first-order valence-corrected chi connectivity index (χ1v) is 9.11. The number of hydrogen-bond donors (Lipinski definition) is 0. The molecule has 0 saturated carbocycles. The highest BCUT2D eigenvalue weighted by Crippen LogP contribution is 2.47. The topological polar surface area (TPSA) is 33.4 Å². The van der Waals surface area contributed by atoms with Gasteiger partial charge in [-0.15, -0.1) is 0 Å². The minimum absolute atomic E-state index is 0.0919. The maximum absolute atomic E-state index is 5.02. The van der Waals surface area contributed by atoms with Crippen LogP contribution in [0, 0.1) is 0 Å². The van der Waals surface area contributed by atoms with Gasteiger partial charge in [0.05, 0.1) is 11.7 Å². The van der Waals surface area contributed by atoms with Gasteiger partial charge in [-0.05, 0) is 37.6 Å². The van der Waals surface area contributed by atoms with Gasteiger partial charge in [-0.1, -0.05) is 24.8 Å². The van der Waals surface area contributed by atoms with Gasteiger partial charge in [-0.25, -0.2) is 0 Å². The molecule has 0 amide bonds. The summed E-state index contributed by atoms with van der Waals surface area (Å²) in [6.45, 7) is 7.76. The number of amidine groups is 1. The molecule has 2 aromatic heterocycles. The molecule has 2 aromatic rings. The molecule has 5 heteroatoms. The highest BCUT2D eigenvalue weighted by molar-refractivity contribution is 8.14. The van der Waals surface area contributed by atoms with Crippen molar-refractivity contribution in [1.29, 1.82) is 0 Å². The Bertz CT molecular complexity index is 722. The Kier molecular flexibility index (Phi) is 3.68. The van der Waals surface area contributed by atoms with Crippen molar-refractivity contribution in [2.24, 2.45) is 4.99 Å². The van der Waals surface area contributed by atoms with Crippen LogP contribution in [0.15, 0.2) is 47.8 Å². The predicted molar refractivity (Wildman–Crippen MR) is 95.7 cm³/mol. The quantitative estimate of drug-likeness (QED) is 0.853. The number of fused-ring (bicyclic) bond motifs is 1. The molecule has 0 N–H and O–H groups in total. The Hall–Kier alpha value is -1.75. The molecule has 0 unspecified atom stereocenters. The van der Waals surface area contributed by atoms with E-state index in [0.29, 0.717) is 11.3 Å². The largest absolute Gasteiger partial charge is 0.351 e. The SMILES string of the molecule is CC(C)n1ccc([C@@H]2[C@@H](c3ccccn3)N=C3S[C@@H](C)CN32)c1. The Labute approximate surface area is 141 Å². The van der Waals surface area contributed by atoms with Crippen LogP contribution in [0.25, 0.3) is 0 Å². The van der Waals surface area contributed by atoms with E-state index in [0.717, 1.165) is 12.2 Å². The van der Waals surface area contributed by atoms with E-state index in [-0.39, 0.29) is 12.1 Å². The van der Waals surface area contributed by atoms with E-state index in [1.807, 2.05) is 24.0 Å². The second-order valence-electron chi connectivity index (χ2n) is 6.62. The average molecular weight is 326 g/mol. The van der Waals surface area contributed by atoms with E-state index in [2.05, 4.69) is 65.8 Å². The summed E-state index contributed by atoms with van der Waals surface area (Å²) in [5.41, 5.74) is 2.40. The maximum atomic E-state index is 5.02. The molecule has 4 nitrogen and oxygen atoms in total. The van der Waals surface area contributed by atoms with Crippen LogP contribution in [0.1, 0.15) is 50.2 Å². The number of nitrogens with zero attached hydrogens (tertiary/aromatic N) is 4. The molecule has 3 atom stereocenters. The van der Waals surface area contributed by atoms with Crippen molar-refractivity contribution in [2.45, 2.75) is 44.1 Å². The summed E-state index contributed by atoms with van der Waals surface area (Å²) in [6, 6.07) is 9.19.